The molecule has 0 fully saturated rings. The molecule has 0 amide bonds. The maximum atomic E-state index is 4.45. The van der Waals surface area contributed by atoms with Crippen molar-refractivity contribution < 1.29 is 0 Å². The first-order valence-electron chi connectivity index (χ1n) is 6.64. The number of hydrogen-bond acceptors (Lipinski definition) is 4. The Morgan fingerprint density at radius 3 is 3.00 bits per heavy atom. The van der Waals surface area contributed by atoms with Crippen LogP contribution in [0.3, 0.4) is 0 Å². The Hall–Kier alpha value is -1.43. The molecule has 0 aliphatic heterocycles. The van der Waals surface area contributed by atoms with Gasteiger partial charge in [0, 0.05) is 41.8 Å². The van der Waals surface area contributed by atoms with Crippen molar-refractivity contribution in [2.45, 2.75) is 20.0 Å². The van der Waals surface area contributed by atoms with Crippen molar-refractivity contribution in [2.24, 2.45) is 0 Å². The van der Waals surface area contributed by atoms with Gasteiger partial charge in [0.2, 0.25) is 0 Å². The van der Waals surface area contributed by atoms with Gasteiger partial charge in [-0.15, -0.1) is 22.7 Å². The lowest BCUT2D eigenvalue weighted by Gasteiger charge is -2.07. The summed E-state index contributed by atoms with van der Waals surface area (Å²) >= 11 is 3.59. The molecular formula is C15H17N3S2. The molecule has 0 unspecified atom stereocenters. The molecule has 0 saturated carbocycles. The van der Waals surface area contributed by atoms with Gasteiger partial charge in [0.15, 0.2) is 0 Å². The van der Waals surface area contributed by atoms with Crippen LogP contribution in [0.4, 0.5) is 0 Å². The monoisotopic (exact) mass is 303 g/mol. The highest BCUT2D eigenvalue weighted by Gasteiger charge is 2.06. The molecule has 5 heteroatoms. The zero-order valence-electron chi connectivity index (χ0n) is 11.4. The summed E-state index contributed by atoms with van der Waals surface area (Å²) in [4.78, 5) is 8.44. The zero-order chi connectivity index (χ0) is 13.8. The lowest BCUT2D eigenvalue weighted by atomic mass is 10.4. The summed E-state index contributed by atoms with van der Waals surface area (Å²) in [6.07, 6.45) is 3.92. The first-order chi connectivity index (χ1) is 9.83. The smallest absolute Gasteiger partial charge is 0.150 e. The maximum Gasteiger partial charge on any atom is 0.150 e. The second-order valence-corrected chi connectivity index (χ2v) is 6.93. The number of nitrogens with zero attached hydrogens (tertiary/aromatic N) is 2. The van der Waals surface area contributed by atoms with Gasteiger partial charge in [-0.25, -0.2) is 4.98 Å². The molecule has 0 aliphatic rings. The van der Waals surface area contributed by atoms with E-state index < -0.39 is 0 Å². The Morgan fingerprint density at radius 1 is 1.30 bits per heavy atom. The first-order valence-corrected chi connectivity index (χ1v) is 8.33. The summed E-state index contributed by atoms with van der Waals surface area (Å²) < 4.78 is 2.21. The second kappa shape index (κ2) is 6.35. The van der Waals surface area contributed by atoms with Crippen molar-refractivity contribution in [3.63, 3.8) is 0 Å². The number of imidazole rings is 1. The fourth-order valence-corrected chi connectivity index (χ4v) is 3.71. The number of hydrogen-bond donors (Lipinski definition) is 1. The highest BCUT2D eigenvalue weighted by molar-refractivity contribution is 7.13. The molecule has 3 rings (SSSR count). The Balaban J connectivity index is 1.53. The molecule has 3 aromatic heterocycles. The van der Waals surface area contributed by atoms with E-state index >= 15 is 0 Å². The summed E-state index contributed by atoms with van der Waals surface area (Å²) in [7, 11) is 0. The summed E-state index contributed by atoms with van der Waals surface area (Å²) in [6, 6.07) is 8.55. The third-order valence-electron chi connectivity index (χ3n) is 3.08. The van der Waals surface area contributed by atoms with Crippen LogP contribution in [0, 0.1) is 6.92 Å². The predicted molar refractivity (Wildman–Crippen MR) is 86.3 cm³/mol. The normalized spacial score (nSPS) is 11.1. The minimum atomic E-state index is 0.942. The van der Waals surface area contributed by atoms with E-state index in [-0.39, 0.29) is 0 Å². The third-order valence-corrected chi connectivity index (χ3v) is 4.95. The molecule has 0 atom stereocenters. The molecule has 1 N–H and O–H groups in total. The minimum absolute atomic E-state index is 0.942. The molecule has 0 aromatic carbocycles. The van der Waals surface area contributed by atoms with E-state index in [1.54, 1.807) is 11.3 Å². The minimum Gasteiger partial charge on any atom is -0.329 e. The van der Waals surface area contributed by atoms with Crippen LogP contribution >= 0.6 is 22.7 Å². The maximum absolute atomic E-state index is 4.45. The molecule has 3 heterocycles. The Bertz CT molecular complexity index is 652. The molecule has 0 radical (unpaired) electrons. The van der Waals surface area contributed by atoms with Gasteiger partial charge >= 0.3 is 0 Å². The van der Waals surface area contributed by atoms with Crippen molar-refractivity contribution in [3.8, 4) is 10.7 Å². The van der Waals surface area contributed by atoms with E-state index in [0.717, 1.165) is 25.5 Å². The third kappa shape index (κ3) is 3.17. The first kappa shape index (κ1) is 13.5. The van der Waals surface area contributed by atoms with Gasteiger partial charge in [-0.1, -0.05) is 6.07 Å². The van der Waals surface area contributed by atoms with Crippen molar-refractivity contribution in [3.05, 3.63) is 51.8 Å². The molecule has 3 nitrogen and oxygen atoms in total. The van der Waals surface area contributed by atoms with Crippen molar-refractivity contribution >= 4 is 22.7 Å². The van der Waals surface area contributed by atoms with Crippen molar-refractivity contribution in [2.75, 3.05) is 6.54 Å². The Kier molecular flexibility index (Phi) is 4.30. The van der Waals surface area contributed by atoms with Crippen LogP contribution in [-0.2, 0) is 13.1 Å². The molecular weight excluding hydrogens is 286 g/mol. The summed E-state index contributed by atoms with van der Waals surface area (Å²) in [6.45, 7) is 4.98. The van der Waals surface area contributed by atoms with Crippen LogP contribution in [-0.4, -0.2) is 16.1 Å². The average Bonchev–Trinajstić information content (AvgIpc) is 3.16. The summed E-state index contributed by atoms with van der Waals surface area (Å²) in [5, 5.41) is 5.58. The van der Waals surface area contributed by atoms with E-state index in [4.69, 9.17) is 0 Å². The van der Waals surface area contributed by atoms with Gasteiger partial charge in [0.05, 0.1) is 4.88 Å². The van der Waals surface area contributed by atoms with Gasteiger partial charge in [0.1, 0.15) is 5.82 Å². The van der Waals surface area contributed by atoms with Gasteiger partial charge in [-0.3, -0.25) is 0 Å². The predicted octanol–water partition coefficient (Wildman–Crippen LogP) is 3.77. The van der Waals surface area contributed by atoms with Crippen LogP contribution in [0.1, 0.15) is 9.75 Å². The quantitative estimate of drug-likeness (QED) is 0.703. The fourth-order valence-electron chi connectivity index (χ4n) is 2.11. The van der Waals surface area contributed by atoms with Gasteiger partial charge in [-0.2, -0.15) is 0 Å². The van der Waals surface area contributed by atoms with E-state index in [2.05, 4.69) is 51.4 Å². The molecule has 0 bridgehead atoms. The number of rotatable bonds is 6. The molecule has 20 heavy (non-hydrogen) atoms. The van der Waals surface area contributed by atoms with Gasteiger partial charge in [0.25, 0.3) is 0 Å². The molecule has 0 aliphatic carbocycles. The fraction of sp³-hybridized carbons (Fsp3) is 0.267. The average molecular weight is 303 g/mol. The highest BCUT2D eigenvalue weighted by Crippen LogP contribution is 2.22. The molecule has 104 valence electrons. The lowest BCUT2D eigenvalue weighted by Crippen LogP contribution is -2.19. The van der Waals surface area contributed by atoms with Crippen LogP contribution in [0.2, 0.25) is 0 Å². The van der Waals surface area contributed by atoms with Crippen molar-refractivity contribution in [1.29, 1.82) is 0 Å². The van der Waals surface area contributed by atoms with E-state index in [1.807, 2.05) is 23.7 Å². The summed E-state index contributed by atoms with van der Waals surface area (Å²) in [5.74, 6) is 1.06. The van der Waals surface area contributed by atoms with E-state index in [0.29, 0.717) is 0 Å². The Morgan fingerprint density at radius 2 is 2.25 bits per heavy atom. The SMILES string of the molecule is Cc1ccc(CNCCn2ccnc2-c2cccs2)s1. The largest absolute Gasteiger partial charge is 0.329 e. The number of thiophene rings is 2. The topological polar surface area (TPSA) is 29.9 Å². The number of aryl methyl sites for hydroxylation is 1. The van der Waals surface area contributed by atoms with E-state index in [1.165, 1.54) is 14.6 Å². The molecule has 0 spiro atoms. The number of nitrogens with one attached hydrogen (secondary N) is 1. The van der Waals surface area contributed by atoms with Crippen LogP contribution in [0.25, 0.3) is 10.7 Å². The van der Waals surface area contributed by atoms with Crippen LogP contribution < -0.4 is 5.32 Å². The number of aromatic nitrogens is 2. The van der Waals surface area contributed by atoms with Crippen molar-refractivity contribution in [1.82, 2.24) is 14.9 Å². The Labute approximate surface area is 126 Å². The summed E-state index contributed by atoms with van der Waals surface area (Å²) in [5.41, 5.74) is 0. The zero-order valence-corrected chi connectivity index (χ0v) is 13.0. The standard InChI is InChI=1S/C15H17N3S2/c1-12-4-5-13(20-12)11-16-6-8-18-9-7-17-15(18)14-3-2-10-19-14/h2-5,7,9-10,16H,6,8,11H2,1H3. The highest BCUT2D eigenvalue weighted by atomic mass is 32.1. The van der Waals surface area contributed by atoms with E-state index in [9.17, 15) is 0 Å². The van der Waals surface area contributed by atoms with Gasteiger partial charge < -0.3 is 9.88 Å². The lowest BCUT2D eigenvalue weighted by molar-refractivity contribution is 0.604. The molecule has 0 saturated heterocycles. The van der Waals surface area contributed by atoms with Crippen LogP contribution in [0.15, 0.2) is 42.0 Å². The van der Waals surface area contributed by atoms with Crippen LogP contribution in [0.5, 0.6) is 0 Å². The second-order valence-electron chi connectivity index (χ2n) is 4.61. The van der Waals surface area contributed by atoms with Gasteiger partial charge in [-0.05, 0) is 30.5 Å². The molecule has 3 aromatic rings.